The van der Waals surface area contributed by atoms with E-state index in [1.54, 1.807) is 65.8 Å². The summed E-state index contributed by atoms with van der Waals surface area (Å²) in [6.07, 6.45) is -0.743. The second-order valence-corrected chi connectivity index (χ2v) is 10.9. The molecule has 3 amide bonds. The Hall–Kier alpha value is -3.76. The quantitative estimate of drug-likeness (QED) is 0.259. The van der Waals surface area contributed by atoms with E-state index in [1.165, 1.54) is 0 Å². The number of amides is 3. The number of carbonyl (C=O) groups excluding carboxylic acids is 5. The van der Waals surface area contributed by atoms with Crippen LogP contribution in [0.5, 0.6) is 0 Å². The van der Waals surface area contributed by atoms with Gasteiger partial charge in [-0.25, -0.2) is 4.79 Å². The van der Waals surface area contributed by atoms with Gasteiger partial charge in [0.1, 0.15) is 6.61 Å². The predicted molar refractivity (Wildman–Crippen MR) is 145 cm³/mol. The van der Waals surface area contributed by atoms with Gasteiger partial charge in [0.2, 0.25) is 11.8 Å². The summed E-state index contributed by atoms with van der Waals surface area (Å²) in [6, 6.07) is 5.85. The van der Waals surface area contributed by atoms with Gasteiger partial charge in [-0.3, -0.25) is 24.0 Å². The highest BCUT2D eigenvalue weighted by molar-refractivity contribution is 5.97. The molecular formula is C28H41N3O8. The third kappa shape index (κ3) is 13.0. The SMILES string of the molecule is CC(C)[C@H](NC(=O)CCCC(=O)O)C(=O)C[C@@H](C)C(=O)Nc1ccc(COC(=O)NCC(=O)C(C)(C)C)cc1. The first-order valence-corrected chi connectivity index (χ1v) is 13.0. The first-order chi connectivity index (χ1) is 18.1. The van der Waals surface area contributed by atoms with Crippen LogP contribution in [-0.2, 0) is 35.3 Å². The lowest BCUT2D eigenvalue weighted by atomic mass is 9.91. The molecule has 1 aromatic rings. The molecule has 216 valence electrons. The summed E-state index contributed by atoms with van der Waals surface area (Å²) in [6.45, 7) is 10.3. The van der Waals surface area contributed by atoms with E-state index >= 15 is 0 Å². The van der Waals surface area contributed by atoms with Crippen LogP contribution >= 0.6 is 0 Å². The van der Waals surface area contributed by atoms with Crippen molar-refractivity contribution in [1.82, 2.24) is 10.6 Å². The van der Waals surface area contributed by atoms with E-state index in [1.807, 2.05) is 0 Å². The number of alkyl carbamates (subject to hydrolysis) is 1. The Bertz CT molecular complexity index is 1030. The third-order valence-corrected chi connectivity index (χ3v) is 5.90. The Morgan fingerprint density at radius 2 is 1.56 bits per heavy atom. The third-order valence-electron chi connectivity index (χ3n) is 5.90. The number of Topliss-reactive ketones (excluding diaryl/α,β-unsaturated/α-hetero) is 2. The number of hydrogen-bond donors (Lipinski definition) is 4. The Morgan fingerprint density at radius 3 is 2.10 bits per heavy atom. The molecule has 0 fully saturated rings. The molecule has 39 heavy (non-hydrogen) atoms. The van der Waals surface area contributed by atoms with Crippen molar-refractivity contribution >= 4 is 41.1 Å². The zero-order valence-corrected chi connectivity index (χ0v) is 23.6. The number of carbonyl (C=O) groups is 6. The van der Waals surface area contributed by atoms with Gasteiger partial charge in [-0.1, -0.05) is 53.7 Å². The minimum absolute atomic E-state index is 0.00141. The van der Waals surface area contributed by atoms with Crippen LogP contribution in [-0.4, -0.2) is 53.1 Å². The number of nitrogens with one attached hydrogen (secondary N) is 3. The zero-order chi connectivity index (χ0) is 29.8. The first-order valence-electron chi connectivity index (χ1n) is 13.0. The van der Waals surface area contributed by atoms with Crippen LogP contribution in [0.1, 0.15) is 72.8 Å². The highest BCUT2D eigenvalue weighted by atomic mass is 16.5. The van der Waals surface area contributed by atoms with Crippen molar-refractivity contribution < 1.29 is 38.6 Å². The van der Waals surface area contributed by atoms with E-state index in [4.69, 9.17) is 9.84 Å². The number of benzene rings is 1. The standard InChI is InChI=1S/C28H41N3O8/c1-17(2)25(31-23(34)8-7-9-24(35)36)21(32)14-18(3)26(37)30-20-12-10-19(11-13-20)16-39-27(38)29-15-22(33)28(4,5)6/h10-13,17-18,25H,7-9,14-16H2,1-6H3,(H,29,38)(H,30,37)(H,31,34)(H,35,36)/t18-,25+/m1/s1. The maximum atomic E-state index is 12.8. The molecule has 0 radical (unpaired) electrons. The molecule has 0 spiro atoms. The lowest BCUT2D eigenvalue weighted by Crippen LogP contribution is -2.45. The number of ether oxygens (including phenoxy) is 1. The lowest BCUT2D eigenvalue weighted by Gasteiger charge is -2.22. The molecule has 0 bridgehead atoms. The largest absolute Gasteiger partial charge is 0.481 e. The van der Waals surface area contributed by atoms with Crippen molar-refractivity contribution in [2.75, 3.05) is 11.9 Å². The second kappa shape index (κ2) is 15.6. The summed E-state index contributed by atoms with van der Waals surface area (Å²) in [5.74, 6) is -3.03. The normalized spacial score (nSPS) is 12.7. The predicted octanol–water partition coefficient (Wildman–Crippen LogP) is 3.46. The summed E-state index contributed by atoms with van der Waals surface area (Å²) >= 11 is 0. The number of hydrogen-bond acceptors (Lipinski definition) is 7. The van der Waals surface area contributed by atoms with Crippen molar-refractivity contribution in [3.05, 3.63) is 29.8 Å². The van der Waals surface area contributed by atoms with Crippen molar-refractivity contribution in [3.63, 3.8) is 0 Å². The number of carboxylic acid groups (broad SMARTS) is 1. The van der Waals surface area contributed by atoms with Crippen molar-refractivity contribution in [2.45, 2.75) is 79.9 Å². The van der Waals surface area contributed by atoms with Crippen LogP contribution < -0.4 is 16.0 Å². The molecule has 1 rings (SSSR count). The number of anilines is 1. The van der Waals surface area contributed by atoms with Crippen LogP contribution in [0.3, 0.4) is 0 Å². The van der Waals surface area contributed by atoms with Crippen LogP contribution in [0.2, 0.25) is 0 Å². The van der Waals surface area contributed by atoms with Gasteiger partial charge >= 0.3 is 12.1 Å². The van der Waals surface area contributed by atoms with E-state index in [9.17, 15) is 28.8 Å². The van der Waals surface area contributed by atoms with E-state index in [-0.39, 0.29) is 62.2 Å². The summed E-state index contributed by atoms with van der Waals surface area (Å²) < 4.78 is 5.11. The highest BCUT2D eigenvalue weighted by Crippen LogP contribution is 2.16. The van der Waals surface area contributed by atoms with E-state index in [0.717, 1.165) is 0 Å². The Balaban J connectivity index is 2.55. The maximum absolute atomic E-state index is 12.8. The van der Waals surface area contributed by atoms with Crippen LogP contribution in [0.4, 0.5) is 10.5 Å². The maximum Gasteiger partial charge on any atom is 0.407 e. The van der Waals surface area contributed by atoms with Crippen molar-refractivity contribution in [1.29, 1.82) is 0 Å². The van der Waals surface area contributed by atoms with Gasteiger partial charge in [0, 0.05) is 36.3 Å². The topological polar surface area (TPSA) is 168 Å². The van der Waals surface area contributed by atoms with E-state index in [0.29, 0.717) is 11.3 Å². The smallest absolute Gasteiger partial charge is 0.407 e. The molecule has 0 saturated carbocycles. The van der Waals surface area contributed by atoms with Crippen molar-refractivity contribution in [3.8, 4) is 0 Å². The van der Waals surface area contributed by atoms with Gasteiger partial charge in [-0.2, -0.15) is 0 Å². The number of rotatable bonds is 15. The zero-order valence-electron chi connectivity index (χ0n) is 23.6. The number of aliphatic carboxylic acids is 1. The van der Waals surface area contributed by atoms with Gasteiger partial charge in [0.25, 0.3) is 0 Å². The van der Waals surface area contributed by atoms with Gasteiger partial charge in [0.15, 0.2) is 11.6 Å². The monoisotopic (exact) mass is 547 g/mol. The van der Waals surface area contributed by atoms with E-state index in [2.05, 4.69) is 16.0 Å². The van der Waals surface area contributed by atoms with Crippen LogP contribution in [0.25, 0.3) is 0 Å². The fraction of sp³-hybridized carbons (Fsp3) is 0.571. The Labute approximate surface area is 229 Å². The van der Waals surface area contributed by atoms with Gasteiger partial charge < -0.3 is 25.8 Å². The van der Waals surface area contributed by atoms with Gasteiger partial charge in [-0.05, 0) is 30.0 Å². The summed E-state index contributed by atoms with van der Waals surface area (Å²) in [4.78, 5) is 71.9. The fourth-order valence-electron chi connectivity index (χ4n) is 3.35. The van der Waals surface area contributed by atoms with Crippen LogP contribution in [0, 0.1) is 17.3 Å². The molecule has 0 unspecified atom stereocenters. The molecule has 1 aromatic carbocycles. The van der Waals surface area contributed by atoms with E-state index < -0.39 is 35.3 Å². The fourth-order valence-corrected chi connectivity index (χ4v) is 3.35. The van der Waals surface area contributed by atoms with Crippen molar-refractivity contribution in [2.24, 2.45) is 17.3 Å². The molecule has 0 saturated heterocycles. The molecule has 4 N–H and O–H groups in total. The van der Waals surface area contributed by atoms with Crippen LogP contribution in [0.15, 0.2) is 24.3 Å². The minimum Gasteiger partial charge on any atom is -0.481 e. The summed E-state index contributed by atoms with van der Waals surface area (Å²) in [5, 5.41) is 16.5. The number of ketones is 2. The molecule has 11 heteroatoms. The molecule has 11 nitrogen and oxygen atoms in total. The Kier molecular flexibility index (Phi) is 13.3. The van der Waals surface area contributed by atoms with Gasteiger partial charge in [-0.15, -0.1) is 0 Å². The first kappa shape index (κ1) is 33.3. The summed E-state index contributed by atoms with van der Waals surface area (Å²) in [5.41, 5.74) is 0.609. The summed E-state index contributed by atoms with van der Waals surface area (Å²) in [7, 11) is 0. The molecule has 0 aliphatic carbocycles. The molecule has 2 atom stereocenters. The second-order valence-electron chi connectivity index (χ2n) is 10.9. The molecular weight excluding hydrogens is 506 g/mol. The van der Waals surface area contributed by atoms with Gasteiger partial charge in [0.05, 0.1) is 12.6 Å². The molecule has 0 aliphatic heterocycles. The molecule has 0 aromatic heterocycles. The average molecular weight is 548 g/mol. The molecule has 0 heterocycles. The average Bonchev–Trinajstić information content (AvgIpc) is 2.84. The highest BCUT2D eigenvalue weighted by Gasteiger charge is 2.27. The Morgan fingerprint density at radius 1 is 0.949 bits per heavy atom. The molecule has 0 aliphatic rings. The lowest BCUT2D eigenvalue weighted by molar-refractivity contribution is -0.137. The minimum atomic E-state index is -0.990. The number of carboxylic acids is 1.